The summed E-state index contributed by atoms with van der Waals surface area (Å²) in [7, 11) is -3.97. The number of sulfonamides is 1. The summed E-state index contributed by atoms with van der Waals surface area (Å²) in [5.41, 5.74) is -0.284. The van der Waals surface area contributed by atoms with Crippen LogP contribution < -0.4 is 10.0 Å². The zero-order chi connectivity index (χ0) is 15.7. The van der Waals surface area contributed by atoms with E-state index in [1.54, 1.807) is 6.92 Å². The smallest absolute Gasteiger partial charge is 0.243 e. The van der Waals surface area contributed by atoms with Crippen molar-refractivity contribution in [1.29, 1.82) is 0 Å². The van der Waals surface area contributed by atoms with Crippen LogP contribution in [-0.2, 0) is 16.6 Å². The minimum absolute atomic E-state index is 0.0316. The Hall–Kier alpha value is -1.05. The lowest BCUT2D eigenvalue weighted by atomic mass is 10.2. The van der Waals surface area contributed by atoms with Crippen LogP contribution >= 0.6 is 0 Å². The molecule has 2 N–H and O–H groups in total. The van der Waals surface area contributed by atoms with Gasteiger partial charge in [0.15, 0.2) is 5.82 Å². The molecule has 0 aliphatic heterocycles. The fourth-order valence-corrected chi connectivity index (χ4v) is 3.23. The summed E-state index contributed by atoms with van der Waals surface area (Å²) < 4.78 is 54.7. The van der Waals surface area contributed by atoms with Gasteiger partial charge in [-0.2, -0.15) is 0 Å². The molecule has 0 bridgehead atoms. The normalized spacial score (nSPS) is 17.0. The Morgan fingerprint density at radius 3 is 2.52 bits per heavy atom. The molecule has 0 radical (unpaired) electrons. The van der Waals surface area contributed by atoms with Gasteiger partial charge >= 0.3 is 0 Å². The molecule has 1 aromatic rings. The van der Waals surface area contributed by atoms with Crippen LogP contribution in [0.4, 0.5) is 8.78 Å². The summed E-state index contributed by atoms with van der Waals surface area (Å²) >= 11 is 0. The van der Waals surface area contributed by atoms with Crippen LogP contribution in [0.1, 0.15) is 32.3 Å². The van der Waals surface area contributed by atoms with E-state index in [9.17, 15) is 17.2 Å². The minimum atomic E-state index is -3.97. The number of halogens is 2. The third-order valence-electron chi connectivity index (χ3n) is 3.78. The number of rotatable bonds is 7. The van der Waals surface area contributed by atoms with Crippen LogP contribution in [0.2, 0.25) is 0 Å². The molecule has 1 fully saturated rings. The Bertz CT molecular complexity index is 628. The SMILES string of the molecule is CCNCc1c(F)ccc(S(=O)(=O)NCC2(C)CC2)c1F. The maximum Gasteiger partial charge on any atom is 0.243 e. The van der Waals surface area contributed by atoms with Crippen molar-refractivity contribution >= 4 is 10.0 Å². The van der Waals surface area contributed by atoms with E-state index in [1.165, 1.54) is 0 Å². The van der Waals surface area contributed by atoms with Crippen molar-refractivity contribution in [1.82, 2.24) is 10.0 Å². The van der Waals surface area contributed by atoms with E-state index in [0.717, 1.165) is 25.0 Å². The molecule has 0 atom stereocenters. The second-order valence-electron chi connectivity index (χ2n) is 5.75. The number of hydrogen-bond acceptors (Lipinski definition) is 3. The molecule has 0 spiro atoms. The maximum absolute atomic E-state index is 14.3. The van der Waals surface area contributed by atoms with Crippen LogP contribution in [0.3, 0.4) is 0 Å². The highest BCUT2D eigenvalue weighted by atomic mass is 32.2. The van der Waals surface area contributed by atoms with Crippen LogP contribution in [-0.4, -0.2) is 21.5 Å². The van der Waals surface area contributed by atoms with Crippen molar-refractivity contribution in [3.05, 3.63) is 29.3 Å². The van der Waals surface area contributed by atoms with Crippen LogP contribution in [0.5, 0.6) is 0 Å². The van der Waals surface area contributed by atoms with E-state index < -0.39 is 26.6 Å². The summed E-state index contributed by atoms with van der Waals surface area (Å²) in [5.74, 6) is -1.77. The van der Waals surface area contributed by atoms with E-state index in [4.69, 9.17) is 0 Å². The first kappa shape index (κ1) is 16.3. The Labute approximate surface area is 124 Å². The lowest BCUT2D eigenvalue weighted by Crippen LogP contribution is -2.30. The minimum Gasteiger partial charge on any atom is -0.313 e. The van der Waals surface area contributed by atoms with Gasteiger partial charge in [-0.15, -0.1) is 0 Å². The van der Waals surface area contributed by atoms with Crippen LogP contribution in [0.15, 0.2) is 17.0 Å². The van der Waals surface area contributed by atoms with Gasteiger partial charge in [-0.25, -0.2) is 21.9 Å². The quantitative estimate of drug-likeness (QED) is 0.810. The third-order valence-corrected chi connectivity index (χ3v) is 5.20. The van der Waals surface area contributed by atoms with Gasteiger partial charge in [-0.05, 0) is 36.9 Å². The first-order chi connectivity index (χ1) is 9.79. The highest BCUT2D eigenvalue weighted by Crippen LogP contribution is 2.44. The highest BCUT2D eigenvalue weighted by Gasteiger charge is 2.38. The third kappa shape index (κ3) is 3.78. The van der Waals surface area contributed by atoms with Crippen molar-refractivity contribution in [2.75, 3.05) is 13.1 Å². The lowest BCUT2D eigenvalue weighted by molar-refractivity contribution is 0.504. The summed E-state index contributed by atoms with van der Waals surface area (Å²) in [6.45, 7) is 4.53. The van der Waals surface area contributed by atoms with Crippen molar-refractivity contribution < 1.29 is 17.2 Å². The molecule has 1 aliphatic carbocycles. The largest absolute Gasteiger partial charge is 0.313 e. The predicted octanol–water partition coefficient (Wildman–Crippen LogP) is 2.15. The van der Waals surface area contributed by atoms with Gasteiger partial charge in [0.25, 0.3) is 0 Å². The monoisotopic (exact) mass is 318 g/mol. The average Bonchev–Trinajstić information content (AvgIpc) is 3.15. The van der Waals surface area contributed by atoms with Gasteiger partial charge in [0, 0.05) is 18.7 Å². The standard InChI is InChI=1S/C14H20F2N2O2S/c1-3-17-8-10-11(15)4-5-12(13(10)16)21(19,20)18-9-14(2)6-7-14/h4-5,17-18H,3,6-9H2,1-2H3. The van der Waals surface area contributed by atoms with E-state index in [0.29, 0.717) is 6.54 Å². The lowest BCUT2D eigenvalue weighted by Gasteiger charge is -2.13. The van der Waals surface area contributed by atoms with Gasteiger partial charge in [0.1, 0.15) is 10.7 Å². The van der Waals surface area contributed by atoms with Crippen LogP contribution in [0, 0.1) is 17.0 Å². The Balaban J connectivity index is 2.25. The van der Waals surface area contributed by atoms with Gasteiger partial charge in [-0.1, -0.05) is 13.8 Å². The van der Waals surface area contributed by atoms with E-state index in [2.05, 4.69) is 10.0 Å². The Kier molecular flexibility index (Phi) is 4.65. The molecule has 1 aliphatic rings. The molecular weight excluding hydrogens is 298 g/mol. The van der Waals surface area contributed by atoms with Crippen molar-refractivity contribution in [3.63, 3.8) is 0 Å². The van der Waals surface area contributed by atoms with Gasteiger partial charge in [0.2, 0.25) is 10.0 Å². The molecular formula is C14H20F2N2O2S. The van der Waals surface area contributed by atoms with Crippen molar-refractivity contribution in [3.8, 4) is 0 Å². The average molecular weight is 318 g/mol. The number of hydrogen-bond donors (Lipinski definition) is 2. The Morgan fingerprint density at radius 1 is 1.29 bits per heavy atom. The highest BCUT2D eigenvalue weighted by molar-refractivity contribution is 7.89. The molecule has 2 rings (SSSR count). The fraction of sp³-hybridized carbons (Fsp3) is 0.571. The van der Waals surface area contributed by atoms with Gasteiger partial charge in [-0.3, -0.25) is 0 Å². The zero-order valence-electron chi connectivity index (χ0n) is 12.2. The molecule has 0 aromatic heterocycles. The first-order valence-electron chi connectivity index (χ1n) is 6.96. The molecule has 118 valence electrons. The maximum atomic E-state index is 14.3. The molecule has 1 saturated carbocycles. The van der Waals surface area contributed by atoms with Gasteiger partial charge in [0.05, 0.1) is 0 Å². The van der Waals surface area contributed by atoms with Crippen LogP contribution in [0.25, 0.3) is 0 Å². The second-order valence-corrected chi connectivity index (χ2v) is 7.49. The number of nitrogens with one attached hydrogen (secondary N) is 2. The summed E-state index contributed by atoms with van der Waals surface area (Å²) in [4.78, 5) is -0.499. The first-order valence-corrected chi connectivity index (χ1v) is 8.45. The summed E-state index contributed by atoms with van der Waals surface area (Å²) in [6, 6.07) is 1.96. The fourth-order valence-electron chi connectivity index (χ4n) is 1.93. The van der Waals surface area contributed by atoms with Crippen molar-refractivity contribution in [2.24, 2.45) is 5.41 Å². The number of benzene rings is 1. The molecule has 1 aromatic carbocycles. The molecule has 21 heavy (non-hydrogen) atoms. The molecule has 7 heteroatoms. The predicted molar refractivity (Wildman–Crippen MR) is 76.3 cm³/mol. The molecule has 4 nitrogen and oxygen atoms in total. The summed E-state index contributed by atoms with van der Waals surface area (Å²) in [5, 5.41) is 2.80. The Morgan fingerprint density at radius 2 is 1.95 bits per heavy atom. The molecule has 0 unspecified atom stereocenters. The zero-order valence-corrected chi connectivity index (χ0v) is 13.0. The molecule has 0 amide bonds. The second kappa shape index (κ2) is 5.98. The molecule has 0 heterocycles. The molecule has 0 saturated heterocycles. The van der Waals surface area contributed by atoms with E-state index in [-0.39, 0.29) is 24.1 Å². The van der Waals surface area contributed by atoms with Crippen molar-refractivity contribution in [2.45, 2.75) is 38.1 Å². The van der Waals surface area contributed by atoms with E-state index in [1.807, 2.05) is 6.92 Å². The van der Waals surface area contributed by atoms with Gasteiger partial charge < -0.3 is 5.32 Å². The summed E-state index contributed by atoms with van der Waals surface area (Å²) in [6.07, 6.45) is 1.90. The van der Waals surface area contributed by atoms with E-state index >= 15 is 0 Å². The topological polar surface area (TPSA) is 58.2 Å².